The molecule has 1 aliphatic heterocycles. The van der Waals surface area contributed by atoms with E-state index in [2.05, 4.69) is 5.32 Å². The van der Waals surface area contributed by atoms with Crippen LogP contribution in [0.25, 0.3) is 5.32 Å². The van der Waals surface area contributed by atoms with Gasteiger partial charge in [-0.25, -0.2) is 0 Å². The quantitative estimate of drug-likeness (QED) is 0.772. The molecule has 17 heavy (non-hydrogen) atoms. The second kappa shape index (κ2) is 8.43. The standard InChI is InChI=1S/C10H11NO.C3H8O.W/c1-7-4-8(6-12)5-9-2-3-11-10(7)9;1-2-3-4;/h4-6H,2-3H2,1H3,(H,11,12);4H,2-3H2,1H3;/p-1. The molecule has 4 heteroatoms. The molecule has 0 saturated heterocycles. The summed E-state index contributed by atoms with van der Waals surface area (Å²) in [6, 6.07) is 3.83. The molecule has 0 radical (unpaired) electrons. The van der Waals surface area contributed by atoms with Crippen molar-refractivity contribution in [1.82, 2.24) is 0 Å². The van der Waals surface area contributed by atoms with E-state index in [0.717, 1.165) is 42.5 Å². The molecule has 1 aromatic carbocycles. The average Bonchev–Trinajstić information content (AvgIpc) is 2.78. The van der Waals surface area contributed by atoms with Gasteiger partial charge in [0.1, 0.15) is 6.29 Å². The molecule has 0 amide bonds. The number of aldehydes is 1. The van der Waals surface area contributed by atoms with Gasteiger partial charge >= 0.3 is 0 Å². The Kier molecular flexibility index (Phi) is 8.10. The molecule has 0 fully saturated rings. The molecular formula is C13H18NO2W-. The summed E-state index contributed by atoms with van der Waals surface area (Å²) in [4.78, 5) is 10.5. The first-order valence-electron chi connectivity index (χ1n) is 5.60. The number of carbonyl (C=O) groups excluding carboxylic acids is 1. The predicted molar refractivity (Wildman–Crippen MR) is 65.5 cm³/mol. The van der Waals surface area contributed by atoms with Crippen molar-refractivity contribution < 1.29 is 31.0 Å². The molecule has 0 spiro atoms. The van der Waals surface area contributed by atoms with Gasteiger partial charge in [0.2, 0.25) is 0 Å². The number of hydrogen-bond donors (Lipinski definition) is 1. The summed E-state index contributed by atoms with van der Waals surface area (Å²) in [5.41, 5.74) is 4.20. The minimum atomic E-state index is 0. The number of aliphatic hydroxyl groups is 1. The van der Waals surface area contributed by atoms with Crippen LogP contribution in [0.5, 0.6) is 0 Å². The summed E-state index contributed by atoms with van der Waals surface area (Å²) in [5, 5.41) is 12.2. The minimum Gasteiger partial charge on any atom is -0.684 e. The minimum absolute atomic E-state index is 0. The first-order valence-corrected chi connectivity index (χ1v) is 5.60. The maximum Gasteiger partial charge on any atom is 0.150 e. The van der Waals surface area contributed by atoms with Crippen LogP contribution < -0.4 is 0 Å². The van der Waals surface area contributed by atoms with Crippen LogP contribution in [0, 0.1) is 6.92 Å². The van der Waals surface area contributed by atoms with Gasteiger partial charge in [-0.15, -0.1) is 12.2 Å². The number of hydrogen-bond acceptors (Lipinski definition) is 2. The first-order chi connectivity index (χ1) is 7.72. The Morgan fingerprint density at radius 1 is 1.47 bits per heavy atom. The molecule has 1 aromatic rings. The molecule has 0 bridgehead atoms. The van der Waals surface area contributed by atoms with E-state index in [1.54, 1.807) is 0 Å². The van der Waals surface area contributed by atoms with Crippen LogP contribution in [0.15, 0.2) is 12.1 Å². The Morgan fingerprint density at radius 3 is 2.65 bits per heavy atom. The summed E-state index contributed by atoms with van der Waals surface area (Å²) in [5.74, 6) is 0. The summed E-state index contributed by atoms with van der Waals surface area (Å²) in [7, 11) is 0. The van der Waals surface area contributed by atoms with E-state index in [9.17, 15) is 4.79 Å². The topological polar surface area (TPSA) is 51.4 Å². The van der Waals surface area contributed by atoms with Gasteiger partial charge in [0.05, 0.1) is 0 Å². The number of aliphatic hydroxyl groups excluding tert-OH is 1. The Hall–Kier alpha value is -0.662. The molecule has 2 rings (SSSR count). The molecule has 1 heterocycles. The largest absolute Gasteiger partial charge is 0.684 e. The van der Waals surface area contributed by atoms with Gasteiger partial charge in [-0.05, 0) is 31.9 Å². The van der Waals surface area contributed by atoms with E-state index < -0.39 is 0 Å². The SMILES string of the molecule is CCCO.Cc1cc(C=O)cc2c1[N-]CC2.[W]. The third-order valence-electron chi connectivity index (χ3n) is 2.41. The number of rotatable bonds is 2. The molecule has 0 unspecified atom stereocenters. The number of benzene rings is 1. The fourth-order valence-electron chi connectivity index (χ4n) is 1.66. The molecule has 94 valence electrons. The molecule has 0 atom stereocenters. The van der Waals surface area contributed by atoms with Crippen molar-refractivity contribution in [2.45, 2.75) is 26.7 Å². The van der Waals surface area contributed by atoms with Crippen LogP contribution >= 0.6 is 0 Å². The zero-order valence-electron chi connectivity index (χ0n) is 10.3. The maximum absolute atomic E-state index is 10.5. The third kappa shape index (κ3) is 4.61. The molecule has 0 saturated carbocycles. The van der Waals surface area contributed by atoms with E-state index >= 15 is 0 Å². The van der Waals surface area contributed by atoms with Crippen LogP contribution in [0.2, 0.25) is 0 Å². The zero-order valence-corrected chi connectivity index (χ0v) is 13.2. The number of aryl methyl sites for hydroxylation is 1. The summed E-state index contributed by atoms with van der Waals surface area (Å²) in [6.45, 7) is 5.12. The van der Waals surface area contributed by atoms with Crippen molar-refractivity contribution in [3.8, 4) is 0 Å². The van der Waals surface area contributed by atoms with E-state index in [1.807, 2.05) is 26.0 Å². The second-order valence-electron chi connectivity index (χ2n) is 3.82. The van der Waals surface area contributed by atoms with Crippen LogP contribution in [0.3, 0.4) is 0 Å². The van der Waals surface area contributed by atoms with Crippen molar-refractivity contribution >= 4 is 12.0 Å². The molecule has 1 aliphatic rings. The van der Waals surface area contributed by atoms with E-state index in [4.69, 9.17) is 5.11 Å². The monoisotopic (exact) mass is 404 g/mol. The van der Waals surface area contributed by atoms with E-state index in [1.165, 1.54) is 5.56 Å². The van der Waals surface area contributed by atoms with Crippen LogP contribution in [-0.4, -0.2) is 24.5 Å². The van der Waals surface area contributed by atoms with Crippen molar-refractivity contribution in [1.29, 1.82) is 0 Å². The number of nitrogens with zero attached hydrogens (tertiary/aromatic N) is 1. The maximum atomic E-state index is 10.5. The van der Waals surface area contributed by atoms with Gasteiger partial charge in [-0.3, -0.25) is 4.79 Å². The predicted octanol–water partition coefficient (Wildman–Crippen LogP) is 2.76. The first kappa shape index (κ1) is 16.3. The Labute approximate surface area is 117 Å². The van der Waals surface area contributed by atoms with Crippen LogP contribution in [-0.2, 0) is 27.5 Å². The molecular weight excluding hydrogens is 386 g/mol. The van der Waals surface area contributed by atoms with Gasteiger partial charge in [-0.2, -0.15) is 0 Å². The Morgan fingerprint density at radius 2 is 2.12 bits per heavy atom. The normalized spacial score (nSPS) is 11.5. The van der Waals surface area contributed by atoms with Gasteiger partial charge < -0.3 is 10.4 Å². The second-order valence-corrected chi connectivity index (χ2v) is 3.82. The fourth-order valence-corrected chi connectivity index (χ4v) is 1.66. The molecule has 1 N–H and O–H groups in total. The van der Waals surface area contributed by atoms with Crippen molar-refractivity contribution in [3.63, 3.8) is 0 Å². The summed E-state index contributed by atoms with van der Waals surface area (Å²) >= 11 is 0. The smallest absolute Gasteiger partial charge is 0.150 e. The Balaban J connectivity index is 0.000000453. The average molecular weight is 404 g/mol. The van der Waals surface area contributed by atoms with Gasteiger partial charge in [0.25, 0.3) is 0 Å². The van der Waals surface area contributed by atoms with Crippen molar-refractivity contribution in [3.05, 3.63) is 34.1 Å². The van der Waals surface area contributed by atoms with E-state index in [-0.39, 0.29) is 21.1 Å². The van der Waals surface area contributed by atoms with Crippen molar-refractivity contribution in [2.75, 3.05) is 13.2 Å². The third-order valence-corrected chi connectivity index (χ3v) is 2.41. The summed E-state index contributed by atoms with van der Waals surface area (Å²) in [6.07, 6.45) is 2.75. The van der Waals surface area contributed by atoms with Gasteiger partial charge in [0, 0.05) is 33.2 Å². The van der Waals surface area contributed by atoms with Gasteiger partial charge in [-0.1, -0.05) is 18.1 Å². The number of fused-ring (bicyclic) bond motifs is 1. The summed E-state index contributed by atoms with van der Waals surface area (Å²) < 4.78 is 0. The molecule has 0 aromatic heterocycles. The van der Waals surface area contributed by atoms with Gasteiger partial charge in [0.15, 0.2) is 0 Å². The molecule has 3 nitrogen and oxygen atoms in total. The van der Waals surface area contributed by atoms with Crippen LogP contribution in [0.1, 0.15) is 34.8 Å². The molecule has 0 aliphatic carbocycles. The Bertz CT molecular complexity index is 365. The van der Waals surface area contributed by atoms with E-state index in [0.29, 0.717) is 6.61 Å². The zero-order chi connectivity index (χ0) is 12.0. The van der Waals surface area contributed by atoms with Crippen molar-refractivity contribution in [2.24, 2.45) is 0 Å². The number of carbonyl (C=O) groups is 1. The van der Waals surface area contributed by atoms with Crippen LogP contribution in [0.4, 0.5) is 5.69 Å². The fraction of sp³-hybridized carbons (Fsp3) is 0.462.